The second-order valence-electron chi connectivity index (χ2n) is 9.72. The van der Waals surface area contributed by atoms with Crippen LogP contribution in [0.5, 0.6) is 0 Å². The van der Waals surface area contributed by atoms with Crippen LogP contribution in [0, 0.1) is 11.8 Å². The van der Waals surface area contributed by atoms with Gasteiger partial charge in [0.2, 0.25) is 0 Å². The van der Waals surface area contributed by atoms with Gasteiger partial charge < -0.3 is 22.9 Å². The van der Waals surface area contributed by atoms with E-state index in [0.29, 0.717) is 37.5 Å². The first kappa shape index (κ1) is 21.8. The van der Waals surface area contributed by atoms with Gasteiger partial charge in [0.1, 0.15) is 12.6 Å². The number of quaternary nitrogens is 1. The molecular weight excluding hydrogens is 392 g/mol. The lowest BCUT2D eigenvalue weighted by molar-refractivity contribution is -0.885. The normalized spacial score (nSPS) is 30.9. The molecule has 3 fully saturated rings. The summed E-state index contributed by atoms with van der Waals surface area (Å²) in [7, 11) is 0. The Labute approximate surface area is 183 Å². The molecule has 4 rings (SSSR count). The standard InChI is InChI=1S/C23H34N6O2/c24-19(12-15-4-2-1-3-5-15)20(30)29(11-10-17-13-23(17,29)21(25)31)14-16-6-8-18(9-7-16)28-22(26)27/h6-9,15,17,19H,1-5,10-14,24H2,(H5-,25,26,27,28,31)/p+1/t17-,19-,23+,29?/m1/s1. The first-order valence-electron chi connectivity index (χ1n) is 11.4. The zero-order valence-electron chi connectivity index (χ0n) is 18.1. The number of aliphatic imine (C=N–C) groups is 1. The summed E-state index contributed by atoms with van der Waals surface area (Å²) in [4.78, 5) is 30.6. The maximum Gasteiger partial charge on any atom is 0.331 e. The highest BCUT2D eigenvalue weighted by Gasteiger charge is 2.79. The number of hydrogen-bond donors (Lipinski definition) is 4. The van der Waals surface area contributed by atoms with Gasteiger partial charge in [-0.05, 0) is 24.5 Å². The second kappa shape index (κ2) is 8.24. The van der Waals surface area contributed by atoms with Gasteiger partial charge in [-0.1, -0.05) is 44.2 Å². The molecule has 0 aromatic heterocycles. The van der Waals surface area contributed by atoms with Crippen LogP contribution in [0.2, 0.25) is 0 Å². The number of guanidine groups is 1. The molecule has 1 saturated heterocycles. The summed E-state index contributed by atoms with van der Waals surface area (Å²) in [5.74, 6) is 0.265. The minimum absolute atomic E-state index is 0.00633. The average molecular weight is 428 g/mol. The fraction of sp³-hybridized carbons (Fsp3) is 0.609. The van der Waals surface area contributed by atoms with Gasteiger partial charge in [-0.2, -0.15) is 0 Å². The number of hydrogen-bond acceptors (Lipinski definition) is 4. The molecule has 31 heavy (non-hydrogen) atoms. The molecule has 1 aromatic rings. The molecular formula is C23H35N6O2+. The highest BCUT2D eigenvalue weighted by atomic mass is 16.2. The van der Waals surface area contributed by atoms with Crippen LogP contribution in [0.25, 0.3) is 0 Å². The summed E-state index contributed by atoms with van der Waals surface area (Å²) < 4.78 is 0.0581. The Morgan fingerprint density at radius 2 is 1.74 bits per heavy atom. The summed E-state index contributed by atoms with van der Waals surface area (Å²) in [5.41, 5.74) is 24.1. The van der Waals surface area contributed by atoms with E-state index in [4.69, 9.17) is 22.9 Å². The van der Waals surface area contributed by atoms with E-state index in [1.807, 2.05) is 24.3 Å². The molecule has 1 aliphatic heterocycles. The number of benzene rings is 1. The third-order valence-corrected chi connectivity index (χ3v) is 7.82. The van der Waals surface area contributed by atoms with Crippen molar-refractivity contribution in [1.29, 1.82) is 0 Å². The summed E-state index contributed by atoms with van der Waals surface area (Å²) in [5, 5.41) is 0. The Bertz CT molecular complexity index is 875. The van der Waals surface area contributed by atoms with Gasteiger partial charge in [0, 0.05) is 24.3 Å². The van der Waals surface area contributed by atoms with Gasteiger partial charge in [-0.3, -0.25) is 4.79 Å². The van der Waals surface area contributed by atoms with Gasteiger partial charge >= 0.3 is 5.91 Å². The van der Waals surface area contributed by atoms with Crippen LogP contribution in [-0.2, 0) is 16.1 Å². The van der Waals surface area contributed by atoms with Gasteiger partial charge in [-0.15, -0.1) is 0 Å². The van der Waals surface area contributed by atoms with Crippen molar-refractivity contribution in [3.8, 4) is 0 Å². The van der Waals surface area contributed by atoms with E-state index in [-0.39, 0.29) is 28.2 Å². The van der Waals surface area contributed by atoms with Crippen molar-refractivity contribution in [2.24, 2.45) is 39.8 Å². The van der Waals surface area contributed by atoms with Gasteiger partial charge in [-0.25, -0.2) is 14.3 Å². The maximum atomic E-state index is 13.9. The topological polar surface area (TPSA) is 151 Å². The van der Waals surface area contributed by atoms with Crippen molar-refractivity contribution < 1.29 is 14.1 Å². The molecule has 8 N–H and O–H groups in total. The molecule has 2 saturated carbocycles. The Morgan fingerprint density at radius 3 is 2.32 bits per heavy atom. The van der Waals surface area contributed by atoms with E-state index in [9.17, 15) is 9.59 Å². The van der Waals surface area contributed by atoms with Crippen molar-refractivity contribution in [2.75, 3.05) is 6.54 Å². The predicted molar refractivity (Wildman–Crippen MR) is 120 cm³/mol. The van der Waals surface area contributed by atoms with Crippen molar-refractivity contribution >= 4 is 23.5 Å². The van der Waals surface area contributed by atoms with Crippen molar-refractivity contribution in [1.82, 2.24) is 0 Å². The minimum atomic E-state index is -0.806. The van der Waals surface area contributed by atoms with Crippen molar-refractivity contribution in [3.63, 3.8) is 0 Å². The molecule has 2 amide bonds. The second-order valence-corrected chi connectivity index (χ2v) is 9.72. The molecule has 8 heteroatoms. The number of carbonyl (C=O) groups is 2. The molecule has 8 nitrogen and oxygen atoms in total. The number of nitrogens with zero attached hydrogens (tertiary/aromatic N) is 2. The number of likely N-dealkylation sites (tertiary alicyclic amines) is 1. The Morgan fingerprint density at radius 1 is 1.06 bits per heavy atom. The number of carbonyl (C=O) groups excluding carboxylic acids is 2. The zero-order valence-corrected chi connectivity index (χ0v) is 18.1. The number of primary amides is 1. The summed E-state index contributed by atoms with van der Waals surface area (Å²) in [6.07, 6.45) is 8.16. The van der Waals surface area contributed by atoms with Crippen LogP contribution in [0.15, 0.2) is 29.3 Å². The van der Waals surface area contributed by atoms with Crippen LogP contribution >= 0.6 is 0 Å². The fourth-order valence-corrected chi connectivity index (χ4v) is 6.21. The monoisotopic (exact) mass is 427 g/mol. The molecule has 0 spiro atoms. The van der Waals surface area contributed by atoms with Crippen LogP contribution in [-0.4, -0.2) is 40.4 Å². The lowest BCUT2D eigenvalue weighted by Crippen LogP contribution is -2.67. The highest BCUT2D eigenvalue weighted by molar-refractivity contribution is 5.91. The van der Waals surface area contributed by atoms with Crippen LogP contribution in [0.1, 0.15) is 56.9 Å². The first-order chi connectivity index (χ1) is 14.8. The molecule has 168 valence electrons. The van der Waals surface area contributed by atoms with Gasteiger partial charge in [0.25, 0.3) is 5.91 Å². The molecule has 1 heterocycles. The third-order valence-electron chi connectivity index (χ3n) is 7.82. The smallest absolute Gasteiger partial charge is 0.331 e. The van der Waals surface area contributed by atoms with Crippen molar-refractivity contribution in [3.05, 3.63) is 29.8 Å². The Kier molecular flexibility index (Phi) is 5.79. The number of fused-ring (bicyclic) bond motifs is 1. The molecule has 0 bridgehead atoms. The zero-order chi connectivity index (χ0) is 22.2. The van der Waals surface area contributed by atoms with E-state index in [2.05, 4.69) is 4.99 Å². The molecule has 4 atom stereocenters. The van der Waals surface area contributed by atoms with Gasteiger partial charge in [0.15, 0.2) is 11.5 Å². The van der Waals surface area contributed by atoms with E-state index in [0.717, 1.165) is 24.8 Å². The SMILES string of the molecule is NC(=O)[C@]12C[C@H]1CC[N+]2(Cc1ccc(N=C(N)N)cc1)C(=O)[C@H](N)CC1CCCCC1. The maximum absolute atomic E-state index is 13.9. The lowest BCUT2D eigenvalue weighted by Gasteiger charge is -2.41. The average Bonchev–Trinajstić information content (AvgIpc) is 3.41. The van der Waals surface area contributed by atoms with E-state index < -0.39 is 11.6 Å². The fourth-order valence-electron chi connectivity index (χ4n) is 6.21. The van der Waals surface area contributed by atoms with E-state index in [1.165, 1.54) is 19.3 Å². The van der Waals surface area contributed by atoms with Crippen LogP contribution in [0.3, 0.4) is 0 Å². The molecule has 1 aromatic carbocycles. The Hall–Kier alpha value is -2.45. The van der Waals surface area contributed by atoms with E-state index in [1.54, 1.807) is 0 Å². The van der Waals surface area contributed by atoms with Crippen LogP contribution in [0.4, 0.5) is 5.69 Å². The number of amides is 2. The third kappa shape index (κ3) is 3.83. The minimum Gasteiger partial charge on any atom is -0.370 e. The summed E-state index contributed by atoms with van der Waals surface area (Å²) in [6.45, 7) is 1.03. The molecule has 1 unspecified atom stereocenters. The van der Waals surface area contributed by atoms with Gasteiger partial charge in [0.05, 0.1) is 12.2 Å². The molecule has 3 aliphatic rings. The molecule has 0 radical (unpaired) electrons. The number of nitrogens with two attached hydrogens (primary N) is 4. The first-order valence-corrected chi connectivity index (χ1v) is 11.4. The Balaban J connectivity index is 1.61. The highest BCUT2D eigenvalue weighted by Crippen LogP contribution is 2.61. The summed E-state index contributed by atoms with van der Waals surface area (Å²) in [6, 6.07) is 6.88. The van der Waals surface area contributed by atoms with E-state index >= 15 is 0 Å². The molecule has 2 aliphatic carbocycles. The predicted octanol–water partition coefficient (Wildman–Crippen LogP) is 1.38. The summed E-state index contributed by atoms with van der Waals surface area (Å²) >= 11 is 0. The number of piperidine rings is 1. The van der Waals surface area contributed by atoms with Crippen LogP contribution < -0.4 is 22.9 Å². The van der Waals surface area contributed by atoms with Crippen molar-refractivity contribution in [2.45, 2.75) is 69.5 Å². The quantitative estimate of drug-likeness (QED) is 0.294. The lowest BCUT2D eigenvalue weighted by atomic mass is 9.84. The number of rotatable bonds is 7. The largest absolute Gasteiger partial charge is 0.370 e.